The summed E-state index contributed by atoms with van der Waals surface area (Å²) in [6, 6.07) is 23.9. The molecule has 0 saturated carbocycles. The summed E-state index contributed by atoms with van der Waals surface area (Å²) in [6.07, 6.45) is 1.10. The van der Waals surface area contributed by atoms with E-state index in [2.05, 4.69) is 21.2 Å². The van der Waals surface area contributed by atoms with E-state index in [1.54, 1.807) is 24.3 Å². The molecule has 0 aliphatic heterocycles. The number of hydrogen-bond acceptors (Lipinski definition) is 3. The van der Waals surface area contributed by atoms with Crippen LogP contribution >= 0.6 is 15.9 Å². The lowest BCUT2D eigenvalue weighted by molar-refractivity contribution is -0.120. The highest BCUT2D eigenvalue weighted by Crippen LogP contribution is 2.25. The van der Waals surface area contributed by atoms with Gasteiger partial charge in [-0.1, -0.05) is 70.5 Å². The molecular weight excluding hydrogens is 464 g/mol. The van der Waals surface area contributed by atoms with Crippen LogP contribution in [0, 0.1) is 6.92 Å². The summed E-state index contributed by atoms with van der Waals surface area (Å²) >= 11 is 3.34. The Kier molecular flexibility index (Phi) is 6.95. The average Bonchev–Trinajstić information content (AvgIpc) is 2.71. The minimum atomic E-state index is -3.64. The van der Waals surface area contributed by atoms with Crippen molar-refractivity contribution in [1.82, 2.24) is 5.32 Å². The molecule has 3 aromatic rings. The monoisotopic (exact) mass is 486 g/mol. The van der Waals surface area contributed by atoms with E-state index in [9.17, 15) is 13.2 Å². The van der Waals surface area contributed by atoms with Gasteiger partial charge in [-0.05, 0) is 47.9 Å². The van der Waals surface area contributed by atoms with Crippen LogP contribution in [0.2, 0.25) is 0 Å². The Labute approximate surface area is 185 Å². The number of benzene rings is 3. The molecule has 1 amide bonds. The Hall–Kier alpha value is -2.64. The van der Waals surface area contributed by atoms with E-state index in [4.69, 9.17) is 0 Å². The molecule has 156 valence electrons. The summed E-state index contributed by atoms with van der Waals surface area (Å²) in [5.41, 5.74) is 3.36. The topological polar surface area (TPSA) is 66.5 Å². The van der Waals surface area contributed by atoms with E-state index in [0.717, 1.165) is 31.7 Å². The first kappa shape index (κ1) is 22.1. The number of rotatable bonds is 7. The van der Waals surface area contributed by atoms with Crippen LogP contribution in [-0.4, -0.2) is 27.1 Å². The Morgan fingerprint density at radius 1 is 0.967 bits per heavy atom. The number of carbonyl (C=O) groups excluding carboxylic acids is 1. The Bertz CT molecular complexity index is 1120. The van der Waals surface area contributed by atoms with Gasteiger partial charge in [0, 0.05) is 4.47 Å². The van der Waals surface area contributed by atoms with Crippen molar-refractivity contribution in [2.24, 2.45) is 0 Å². The third-order valence-electron chi connectivity index (χ3n) is 4.74. The third kappa shape index (κ3) is 5.49. The quantitative estimate of drug-likeness (QED) is 0.536. The molecule has 5 nitrogen and oxygen atoms in total. The highest BCUT2D eigenvalue weighted by Gasteiger charge is 2.24. The van der Waals surface area contributed by atoms with Gasteiger partial charge in [0.1, 0.15) is 6.54 Å². The van der Waals surface area contributed by atoms with Gasteiger partial charge in [-0.15, -0.1) is 0 Å². The lowest BCUT2D eigenvalue weighted by atomic mass is 9.95. The molecule has 0 radical (unpaired) electrons. The Morgan fingerprint density at radius 3 is 2.17 bits per heavy atom. The molecule has 0 saturated heterocycles. The fraction of sp³-hybridized carbons (Fsp3) is 0.174. The summed E-state index contributed by atoms with van der Waals surface area (Å²) in [6.45, 7) is 1.68. The summed E-state index contributed by atoms with van der Waals surface area (Å²) in [7, 11) is -3.64. The van der Waals surface area contributed by atoms with Crippen molar-refractivity contribution in [2.75, 3.05) is 17.1 Å². The first-order chi connectivity index (χ1) is 14.3. The second-order valence-electron chi connectivity index (χ2n) is 7.01. The van der Waals surface area contributed by atoms with Gasteiger partial charge in [-0.2, -0.15) is 0 Å². The van der Waals surface area contributed by atoms with E-state index >= 15 is 0 Å². The normalized spacial score (nSPS) is 12.2. The van der Waals surface area contributed by atoms with Gasteiger partial charge in [0.15, 0.2) is 0 Å². The second kappa shape index (κ2) is 9.45. The molecule has 1 N–H and O–H groups in total. The molecule has 0 aromatic heterocycles. The average molecular weight is 487 g/mol. The zero-order valence-electron chi connectivity index (χ0n) is 16.7. The fourth-order valence-electron chi connectivity index (χ4n) is 3.24. The molecule has 3 rings (SSSR count). The maximum Gasteiger partial charge on any atom is 0.241 e. The van der Waals surface area contributed by atoms with Crippen LogP contribution in [0.15, 0.2) is 83.3 Å². The molecule has 1 atom stereocenters. The smallest absolute Gasteiger partial charge is 0.241 e. The van der Waals surface area contributed by atoms with Crippen LogP contribution in [0.1, 0.15) is 22.7 Å². The predicted octanol–water partition coefficient (Wildman–Crippen LogP) is 4.43. The SMILES string of the molecule is Cc1ccccc1[C@H](NC(=O)CN(c1ccc(Br)cc1)S(C)(=O)=O)c1ccccc1. The van der Waals surface area contributed by atoms with Crippen LogP contribution in [0.4, 0.5) is 5.69 Å². The van der Waals surface area contributed by atoms with Gasteiger partial charge in [-0.3, -0.25) is 9.10 Å². The summed E-state index contributed by atoms with van der Waals surface area (Å²) in [5, 5.41) is 3.02. The van der Waals surface area contributed by atoms with Crippen LogP contribution in [-0.2, 0) is 14.8 Å². The van der Waals surface area contributed by atoms with Crippen molar-refractivity contribution >= 4 is 37.5 Å². The Morgan fingerprint density at radius 2 is 1.57 bits per heavy atom. The number of amides is 1. The molecule has 3 aromatic carbocycles. The fourth-order valence-corrected chi connectivity index (χ4v) is 4.36. The highest BCUT2D eigenvalue weighted by molar-refractivity contribution is 9.10. The van der Waals surface area contributed by atoms with Crippen LogP contribution < -0.4 is 9.62 Å². The molecule has 0 aliphatic carbocycles. The minimum Gasteiger partial charge on any atom is -0.344 e. The minimum absolute atomic E-state index is 0.310. The lowest BCUT2D eigenvalue weighted by Crippen LogP contribution is -2.42. The lowest BCUT2D eigenvalue weighted by Gasteiger charge is -2.25. The summed E-state index contributed by atoms with van der Waals surface area (Å²) < 4.78 is 26.7. The van der Waals surface area contributed by atoms with Crippen molar-refractivity contribution in [1.29, 1.82) is 0 Å². The Balaban J connectivity index is 1.90. The molecule has 0 aliphatic rings. The molecule has 0 unspecified atom stereocenters. The van der Waals surface area contributed by atoms with E-state index in [0.29, 0.717) is 5.69 Å². The van der Waals surface area contributed by atoms with Crippen LogP contribution in [0.5, 0.6) is 0 Å². The molecule has 0 fully saturated rings. The van der Waals surface area contributed by atoms with E-state index < -0.39 is 10.0 Å². The predicted molar refractivity (Wildman–Crippen MR) is 124 cm³/mol. The third-order valence-corrected chi connectivity index (χ3v) is 6.41. The number of aryl methyl sites for hydroxylation is 1. The molecule has 7 heteroatoms. The molecule has 30 heavy (non-hydrogen) atoms. The van der Waals surface area contributed by atoms with Crippen molar-refractivity contribution < 1.29 is 13.2 Å². The largest absolute Gasteiger partial charge is 0.344 e. The van der Waals surface area contributed by atoms with Crippen molar-refractivity contribution in [2.45, 2.75) is 13.0 Å². The van der Waals surface area contributed by atoms with Crippen molar-refractivity contribution in [3.8, 4) is 0 Å². The van der Waals surface area contributed by atoms with Gasteiger partial charge >= 0.3 is 0 Å². The molecular formula is C23H23BrN2O3S. The van der Waals surface area contributed by atoms with Crippen LogP contribution in [0.25, 0.3) is 0 Å². The second-order valence-corrected chi connectivity index (χ2v) is 9.84. The summed E-state index contributed by atoms with van der Waals surface area (Å²) in [5.74, 6) is -0.388. The van der Waals surface area contributed by atoms with E-state index in [-0.39, 0.29) is 18.5 Å². The van der Waals surface area contributed by atoms with Crippen LogP contribution in [0.3, 0.4) is 0 Å². The van der Waals surface area contributed by atoms with Gasteiger partial charge in [0.05, 0.1) is 18.0 Å². The van der Waals surface area contributed by atoms with Gasteiger partial charge in [-0.25, -0.2) is 8.42 Å². The first-order valence-corrected chi connectivity index (χ1v) is 12.0. The number of nitrogens with one attached hydrogen (secondary N) is 1. The maximum atomic E-state index is 13.0. The number of sulfonamides is 1. The standard InChI is InChI=1S/C23H23BrN2O3S/c1-17-8-6-7-11-21(17)23(18-9-4-3-5-10-18)25-22(27)16-26(30(2,28)29)20-14-12-19(24)13-15-20/h3-15,23H,16H2,1-2H3,(H,25,27)/t23-/m1/s1. The van der Waals surface area contributed by atoms with Crippen molar-refractivity contribution in [3.63, 3.8) is 0 Å². The number of nitrogens with zero attached hydrogens (tertiary/aromatic N) is 1. The number of anilines is 1. The van der Waals surface area contributed by atoms with E-state index in [1.807, 2.05) is 61.5 Å². The van der Waals surface area contributed by atoms with Gasteiger partial charge in [0.2, 0.25) is 15.9 Å². The summed E-state index contributed by atoms with van der Waals surface area (Å²) in [4.78, 5) is 13.0. The first-order valence-electron chi connectivity index (χ1n) is 9.39. The number of halogens is 1. The zero-order chi connectivity index (χ0) is 21.7. The number of hydrogen-bond donors (Lipinski definition) is 1. The number of carbonyl (C=O) groups is 1. The molecule has 0 spiro atoms. The molecule has 0 bridgehead atoms. The van der Waals surface area contributed by atoms with E-state index in [1.165, 1.54) is 0 Å². The van der Waals surface area contributed by atoms with Gasteiger partial charge in [0.25, 0.3) is 0 Å². The van der Waals surface area contributed by atoms with Gasteiger partial charge < -0.3 is 5.32 Å². The van der Waals surface area contributed by atoms with Crippen molar-refractivity contribution in [3.05, 3.63) is 100 Å². The molecule has 0 heterocycles. The maximum absolute atomic E-state index is 13.0. The highest BCUT2D eigenvalue weighted by atomic mass is 79.9. The zero-order valence-corrected chi connectivity index (χ0v) is 19.2.